The van der Waals surface area contributed by atoms with Crippen LogP contribution in [0.5, 0.6) is 0 Å². The number of hydrogen-bond acceptors (Lipinski definition) is 2. The summed E-state index contributed by atoms with van der Waals surface area (Å²) >= 11 is 5.96. The van der Waals surface area contributed by atoms with Gasteiger partial charge in [0, 0.05) is 10.7 Å². The molecule has 0 aliphatic carbocycles. The fraction of sp³-hybridized carbons (Fsp3) is 0.130. The smallest absolute Gasteiger partial charge is 0.320 e. The van der Waals surface area contributed by atoms with Gasteiger partial charge in [0.05, 0.1) is 6.04 Å². The maximum Gasteiger partial charge on any atom is 0.320 e. The van der Waals surface area contributed by atoms with Crippen molar-refractivity contribution >= 4 is 29.2 Å². The molecule has 3 amide bonds. The fourth-order valence-corrected chi connectivity index (χ4v) is 3.12. The quantitative estimate of drug-likeness (QED) is 0.533. The average Bonchev–Trinajstić information content (AvgIpc) is 2.73. The molecule has 3 rings (SSSR count). The molecule has 3 aromatic carbocycles. The standard InChI is InChI=1S/C23H22ClN3O2/c1-16(17-9-4-2-5-10-17)25-22(28)21(18-11-6-3-7-12-18)27-23(29)26-20-14-8-13-19(24)15-20/h2-16,21H,1H3,(H,25,28)(H2,26,27,29)/t16-,21-/m1/s1. The number of halogens is 1. The second kappa shape index (κ2) is 9.75. The van der Waals surface area contributed by atoms with Gasteiger partial charge in [-0.3, -0.25) is 4.79 Å². The highest BCUT2D eigenvalue weighted by Crippen LogP contribution is 2.18. The average molecular weight is 408 g/mol. The van der Waals surface area contributed by atoms with Crippen LogP contribution in [0, 0.1) is 0 Å². The second-order valence-corrected chi connectivity index (χ2v) is 7.03. The molecule has 5 nitrogen and oxygen atoms in total. The number of amides is 3. The number of carbonyl (C=O) groups excluding carboxylic acids is 2. The van der Waals surface area contributed by atoms with Gasteiger partial charge in [-0.15, -0.1) is 0 Å². The molecule has 3 aromatic rings. The molecule has 0 unspecified atom stereocenters. The first-order valence-corrected chi connectivity index (χ1v) is 9.64. The zero-order valence-electron chi connectivity index (χ0n) is 15.9. The Morgan fingerprint density at radius 2 is 1.41 bits per heavy atom. The van der Waals surface area contributed by atoms with Gasteiger partial charge < -0.3 is 16.0 Å². The summed E-state index contributed by atoms with van der Waals surface area (Å²) in [4.78, 5) is 25.5. The molecule has 0 aromatic heterocycles. The predicted molar refractivity (Wildman–Crippen MR) is 116 cm³/mol. The highest BCUT2D eigenvalue weighted by atomic mass is 35.5. The minimum atomic E-state index is -0.846. The third kappa shape index (κ3) is 5.83. The predicted octanol–water partition coefficient (Wildman–Crippen LogP) is 5.08. The first-order valence-electron chi connectivity index (χ1n) is 9.26. The van der Waals surface area contributed by atoms with Crippen LogP contribution in [0.2, 0.25) is 5.02 Å². The summed E-state index contributed by atoms with van der Waals surface area (Å²) < 4.78 is 0. The van der Waals surface area contributed by atoms with Crippen molar-refractivity contribution in [3.8, 4) is 0 Å². The molecule has 0 aliphatic heterocycles. The molecule has 2 atom stereocenters. The summed E-state index contributed by atoms with van der Waals surface area (Å²) in [7, 11) is 0. The summed E-state index contributed by atoms with van der Waals surface area (Å²) in [5, 5.41) is 8.94. The maximum absolute atomic E-state index is 13.0. The molecule has 3 N–H and O–H groups in total. The van der Waals surface area contributed by atoms with Crippen molar-refractivity contribution in [2.45, 2.75) is 19.0 Å². The van der Waals surface area contributed by atoms with Crippen LogP contribution < -0.4 is 16.0 Å². The Morgan fingerprint density at radius 1 is 0.793 bits per heavy atom. The molecule has 6 heteroatoms. The van der Waals surface area contributed by atoms with Gasteiger partial charge in [-0.2, -0.15) is 0 Å². The van der Waals surface area contributed by atoms with E-state index in [1.54, 1.807) is 36.4 Å². The molecule has 0 bridgehead atoms. The number of anilines is 1. The lowest BCUT2D eigenvalue weighted by atomic mass is 10.0. The summed E-state index contributed by atoms with van der Waals surface area (Å²) in [5.74, 6) is -0.297. The van der Waals surface area contributed by atoms with E-state index in [1.165, 1.54) is 0 Å². The van der Waals surface area contributed by atoms with Gasteiger partial charge in [-0.25, -0.2) is 4.79 Å². The number of urea groups is 1. The summed E-state index contributed by atoms with van der Waals surface area (Å²) in [6.45, 7) is 1.90. The van der Waals surface area contributed by atoms with Gasteiger partial charge in [0.25, 0.3) is 0 Å². The summed E-state index contributed by atoms with van der Waals surface area (Å²) in [5.41, 5.74) is 2.21. The third-order valence-corrected chi connectivity index (χ3v) is 4.65. The van der Waals surface area contributed by atoms with Crippen LogP contribution in [0.25, 0.3) is 0 Å². The fourth-order valence-electron chi connectivity index (χ4n) is 2.93. The highest BCUT2D eigenvalue weighted by Gasteiger charge is 2.24. The Morgan fingerprint density at radius 3 is 2.03 bits per heavy atom. The molecule has 29 heavy (non-hydrogen) atoms. The van der Waals surface area contributed by atoms with E-state index in [-0.39, 0.29) is 11.9 Å². The van der Waals surface area contributed by atoms with Crippen molar-refractivity contribution in [2.24, 2.45) is 0 Å². The van der Waals surface area contributed by atoms with E-state index in [0.717, 1.165) is 5.56 Å². The van der Waals surface area contributed by atoms with Crippen LogP contribution in [0.4, 0.5) is 10.5 Å². The number of hydrogen-bond donors (Lipinski definition) is 3. The Bertz CT molecular complexity index is 964. The molecule has 0 fully saturated rings. The lowest BCUT2D eigenvalue weighted by Gasteiger charge is -2.22. The number of carbonyl (C=O) groups is 2. The van der Waals surface area contributed by atoms with Crippen LogP contribution in [-0.2, 0) is 4.79 Å². The van der Waals surface area contributed by atoms with Gasteiger partial charge in [-0.05, 0) is 36.2 Å². The number of nitrogens with one attached hydrogen (secondary N) is 3. The van der Waals surface area contributed by atoms with Crippen molar-refractivity contribution in [1.29, 1.82) is 0 Å². The van der Waals surface area contributed by atoms with E-state index in [9.17, 15) is 9.59 Å². The van der Waals surface area contributed by atoms with E-state index in [4.69, 9.17) is 11.6 Å². The van der Waals surface area contributed by atoms with Crippen LogP contribution in [0.1, 0.15) is 30.1 Å². The Kier molecular flexibility index (Phi) is 6.87. The van der Waals surface area contributed by atoms with Gasteiger partial charge in [0.2, 0.25) is 5.91 Å². The Hall–Kier alpha value is -3.31. The van der Waals surface area contributed by atoms with Gasteiger partial charge in [0.1, 0.15) is 6.04 Å². The maximum atomic E-state index is 13.0. The zero-order chi connectivity index (χ0) is 20.6. The number of benzene rings is 3. The molecule has 0 saturated heterocycles. The van der Waals surface area contributed by atoms with Crippen molar-refractivity contribution in [1.82, 2.24) is 10.6 Å². The molecule has 148 valence electrons. The lowest BCUT2D eigenvalue weighted by Crippen LogP contribution is -2.42. The molecule has 0 heterocycles. The molecule has 0 spiro atoms. The van der Waals surface area contributed by atoms with Gasteiger partial charge in [-0.1, -0.05) is 78.3 Å². The normalized spacial score (nSPS) is 12.5. The monoisotopic (exact) mass is 407 g/mol. The minimum Gasteiger partial charge on any atom is -0.347 e. The third-order valence-electron chi connectivity index (χ3n) is 4.41. The second-order valence-electron chi connectivity index (χ2n) is 6.59. The van der Waals surface area contributed by atoms with Crippen LogP contribution >= 0.6 is 11.6 Å². The largest absolute Gasteiger partial charge is 0.347 e. The summed E-state index contributed by atoms with van der Waals surface area (Å²) in [6, 6.07) is 24.0. The van der Waals surface area contributed by atoms with Crippen LogP contribution in [0.15, 0.2) is 84.9 Å². The minimum absolute atomic E-state index is 0.201. The summed E-state index contributed by atoms with van der Waals surface area (Å²) in [6.07, 6.45) is 0. The van der Waals surface area contributed by atoms with Crippen molar-refractivity contribution in [3.63, 3.8) is 0 Å². The lowest BCUT2D eigenvalue weighted by molar-refractivity contribution is -0.123. The Labute approximate surface area is 175 Å². The molecule has 0 aliphatic rings. The van der Waals surface area contributed by atoms with Crippen LogP contribution in [-0.4, -0.2) is 11.9 Å². The number of rotatable bonds is 6. The molecular weight excluding hydrogens is 386 g/mol. The molecule has 0 radical (unpaired) electrons. The first-order chi connectivity index (χ1) is 14.0. The SMILES string of the molecule is C[C@@H](NC(=O)[C@H](NC(=O)Nc1cccc(Cl)c1)c1ccccc1)c1ccccc1. The van der Waals surface area contributed by atoms with Crippen molar-refractivity contribution < 1.29 is 9.59 Å². The Balaban J connectivity index is 1.74. The van der Waals surface area contributed by atoms with E-state index in [1.807, 2.05) is 55.5 Å². The van der Waals surface area contributed by atoms with E-state index < -0.39 is 12.1 Å². The van der Waals surface area contributed by atoms with Crippen molar-refractivity contribution in [3.05, 3.63) is 101 Å². The van der Waals surface area contributed by atoms with Crippen LogP contribution in [0.3, 0.4) is 0 Å². The highest BCUT2D eigenvalue weighted by molar-refractivity contribution is 6.30. The van der Waals surface area contributed by atoms with E-state index in [0.29, 0.717) is 16.3 Å². The zero-order valence-corrected chi connectivity index (χ0v) is 16.7. The first kappa shape index (κ1) is 20.4. The molecule has 0 saturated carbocycles. The van der Waals surface area contributed by atoms with Gasteiger partial charge >= 0.3 is 6.03 Å². The van der Waals surface area contributed by atoms with Crippen molar-refractivity contribution in [2.75, 3.05) is 5.32 Å². The van der Waals surface area contributed by atoms with Gasteiger partial charge in [0.15, 0.2) is 0 Å². The van der Waals surface area contributed by atoms with E-state index in [2.05, 4.69) is 16.0 Å². The topological polar surface area (TPSA) is 70.2 Å². The van der Waals surface area contributed by atoms with E-state index >= 15 is 0 Å². The molecular formula is C23H22ClN3O2.